The van der Waals surface area contributed by atoms with Gasteiger partial charge in [0, 0.05) is 18.1 Å². The molecular weight excluding hydrogens is 398 g/mol. The van der Waals surface area contributed by atoms with Crippen LogP contribution in [-0.4, -0.2) is 35.1 Å². The maximum Gasteiger partial charge on any atom is 0.408 e. The molecule has 0 aliphatic rings. The van der Waals surface area contributed by atoms with Crippen molar-refractivity contribution >= 4 is 23.4 Å². The second-order valence-electron chi connectivity index (χ2n) is 6.28. The van der Waals surface area contributed by atoms with Crippen LogP contribution in [0.4, 0.5) is 16.2 Å². The van der Waals surface area contributed by atoms with Crippen molar-refractivity contribution in [3.8, 4) is 0 Å². The average molecular weight is 417 g/mol. The number of alkyl carbamates (subject to hydrolysis) is 1. The van der Waals surface area contributed by atoms with Gasteiger partial charge in [0.15, 0.2) is 0 Å². The molecule has 0 aliphatic carbocycles. The summed E-state index contributed by atoms with van der Waals surface area (Å²) < 4.78 is 9.74. The van der Waals surface area contributed by atoms with Crippen LogP contribution in [0.25, 0.3) is 0 Å². The molecule has 0 unspecified atom stereocenters. The SMILES string of the molecule is COC(=O)[C@@H](Cc1cc(C)c([N+](=O)[O-])c([N+](=O)[O-])c1)NC(=O)OCc1ccccc1. The lowest BCUT2D eigenvalue weighted by atomic mass is 10.0. The fraction of sp³-hybridized carbons (Fsp3) is 0.263. The number of nitro groups is 2. The van der Waals surface area contributed by atoms with E-state index in [9.17, 15) is 29.8 Å². The number of carbonyl (C=O) groups excluding carboxylic acids is 2. The maximum absolute atomic E-state index is 12.1. The summed E-state index contributed by atoms with van der Waals surface area (Å²) in [5.74, 6) is -0.801. The minimum absolute atomic E-state index is 0.0251. The third-order valence-electron chi connectivity index (χ3n) is 4.15. The molecule has 0 heterocycles. The predicted octanol–water partition coefficient (Wildman–Crippen LogP) is 2.82. The summed E-state index contributed by atoms with van der Waals surface area (Å²) >= 11 is 0. The second-order valence-corrected chi connectivity index (χ2v) is 6.28. The Bertz CT molecular complexity index is 962. The summed E-state index contributed by atoms with van der Waals surface area (Å²) in [6.45, 7) is 1.33. The second kappa shape index (κ2) is 9.96. The third kappa shape index (κ3) is 5.74. The Hall–Kier alpha value is -4.02. The topological polar surface area (TPSA) is 151 Å². The number of carbonyl (C=O) groups is 2. The van der Waals surface area contributed by atoms with E-state index in [0.717, 1.165) is 18.7 Å². The Balaban J connectivity index is 2.18. The van der Waals surface area contributed by atoms with Crippen LogP contribution in [0, 0.1) is 27.2 Å². The summed E-state index contributed by atoms with van der Waals surface area (Å²) in [6.07, 6.45) is -1.07. The monoisotopic (exact) mass is 417 g/mol. The van der Waals surface area contributed by atoms with E-state index in [0.29, 0.717) is 0 Å². The van der Waals surface area contributed by atoms with E-state index < -0.39 is 39.3 Å². The van der Waals surface area contributed by atoms with Crippen molar-refractivity contribution in [1.29, 1.82) is 0 Å². The van der Waals surface area contributed by atoms with Crippen LogP contribution in [0.1, 0.15) is 16.7 Å². The van der Waals surface area contributed by atoms with Gasteiger partial charge in [0.1, 0.15) is 12.6 Å². The number of methoxy groups -OCH3 is 1. The summed E-state index contributed by atoms with van der Waals surface area (Å²) in [5.41, 5.74) is -0.300. The Morgan fingerprint density at radius 1 is 1.07 bits per heavy atom. The molecule has 2 rings (SSSR count). The van der Waals surface area contributed by atoms with Gasteiger partial charge in [-0.25, -0.2) is 9.59 Å². The van der Waals surface area contributed by atoms with Crippen LogP contribution < -0.4 is 5.32 Å². The quantitative estimate of drug-likeness (QED) is 0.391. The van der Waals surface area contributed by atoms with Gasteiger partial charge < -0.3 is 14.8 Å². The summed E-state index contributed by atoms with van der Waals surface area (Å²) in [7, 11) is 1.12. The average Bonchev–Trinajstić information content (AvgIpc) is 2.71. The van der Waals surface area contributed by atoms with Gasteiger partial charge in [-0.05, 0) is 24.1 Å². The number of amides is 1. The van der Waals surface area contributed by atoms with E-state index in [1.807, 2.05) is 6.07 Å². The molecular formula is C19H19N3O8. The van der Waals surface area contributed by atoms with Crippen LogP contribution in [0.5, 0.6) is 0 Å². The zero-order valence-corrected chi connectivity index (χ0v) is 16.2. The predicted molar refractivity (Wildman–Crippen MR) is 104 cm³/mol. The maximum atomic E-state index is 12.1. The fourth-order valence-corrected chi connectivity index (χ4v) is 2.81. The molecule has 0 fully saturated rings. The smallest absolute Gasteiger partial charge is 0.408 e. The number of rotatable bonds is 8. The van der Waals surface area contributed by atoms with Crippen molar-refractivity contribution in [2.24, 2.45) is 0 Å². The van der Waals surface area contributed by atoms with Crippen molar-refractivity contribution in [3.63, 3.8) is 0 Å². The van der Waals surface area contributed by atoms with E-state index in [1.165, 1.54) is 13.0 Å². The van der Waals surface area contributed by atoms with Gasteiger partial charge >= 0.3 is 23.4 Å². The van der Waals surface area contributed by atoms with E-state index in [2.05, 4.69) is 10.1 Å². The van der Waals surface area contributed by atoms with E-state index >= 15 is 0 Å². The van der Waals surface area contributed by atoms with E-state index in [4.69, 9.17) is 4.74 Å². The normalized spacial score (nSPS) is 11.3. The highest BCUT2D eigenvalue weighted by atomic mass is 16.6. The molecule has 0 saturated heterocycles. The number of nitro benzene ring substituents is 2. The molecule has 11 nitrogen and oxygen atoms in total. The number of ether oxygens (including phenoxy) is 2. The van der Waals surface area contributed by atoms with E-state index in [1.54, 1.807) is 24.3 Å². The molecule has 0 spiro atoms. The molecule has 30 heavy (non-hydrogen) atoms. The highest BCUT2D eigenvalue weighted by Gasteiger charge is 2.30. The largest absolute Gasteiger partial charge is 0.467 e. The first-order chi connectivity index (χ1) is 14.2. The summed E-state index contributed by atoms with van der Waals surface area (Å²) in [5, 5.41) is 24.7. The van der Waals surface area contributed by atoms with Gasteiger partial charge in [0.2, 0.25) is 0 Å². The van der Waals surface area contributed by atoms with Crippen LogP contribution in [0.15, 0.2) is 42.5 Å². The van der Waals surface area contributed by atoms with Crippen molar-refractivity contribution in [2.45, 2.75) is 26.0 Å². The fourth-order valence-electron chi connectivity index (χ4n) is 2.81. The lowest BCUT2D eigenvalue weighted by Gasteiger charge is -2.17. The molecule has 158 valence electrons. The van der Waals surface area contributed by atoms with Crippen molar-refractivity contribution in [2.75, 3.05) is 7.11 Å². The number of nitrogens with one attached hydrogen (secondary N) is 1. The third-order valence-corrected chi connectivity index (χ3v) is 4.15. The van der Waals surface area contributed by atoms with Gasteiger partial charge in [-0.1, -0.05) is 30.3 Å². The zero-order valence-electron chi connectivity index (χ0n) is 16.2. The van der Waals surface area contributed by atoms with Crippen LogP contribution >= 0.6 is 0 Å². The van der Waals surface area contributed by atoms with Crippen molar-refractivity contribution in [1.82, 2.24) is 5.32 Å². The summed E-state index contributed by atoms with van der Waals surface area (Å²) in [4.78, 5) is 44.8. The Morgan fingerprint density at radius 2 is 1.73 bits per heavy atom. The van der Waals surface area contributed by atoms with Gasteiger partial charge in [0.25, 0.3) is 0 Å². The number of nitrogens with zero attached hydrogens (tertiary/aromatic N) is 2. The first kappa shape index (κ1) is 22.3. The van der Waals surface area contributed by atoms with Gasteiger partial charge in [-0.2, -0.15) is 0 Å². The van der Waals surface area contributed by atoms with Crippen LogP contribution in [-0.2, 0) is 27.3 Å². The minimum atomic E-state index is -1.21. The molecule has 1 amide bonds. The highest BCUT2D eigenvalue weighted by Crippen LogP contribution is 2.32. The molecule has 2 aromatic carbocycles. The van der Waals surface area contributed by atoms with Crippen molar-refractivity contribution in [3.05, 3.63) is 79.4 Å². The number of hydrogen-bond donors (Lipinski definition) is 1. The van der Waals surface area contributed by atoms with Crippen molar-refractivity contribution < 1.29 is 28.9 Å². The van der Waals surface area contributed by atoms with Crippen LogP contribution in [0.2, 0.25) is 0 Å². The molecule has 0 aliphatic heterocycles. The molecule has 2 aromatic rings. The first-order valence-corrected chi connectivity index (χ1v) is 8.70. The van der Waals surface area contributed by atoms with Crippen LogP contribution in [0.3, 0.4) is 0 Å². The van der Waals surface area contributed by atoms with Gasteiger partial charge in [-0.15, -0.1) is 0 Å². The highest BCUT2D eigenvalue weighted by molar-refractivity contribution is 5.81. The lowest BCUT2D eigenvalue weighted by molar-refractivity contribution is -0.422. The number of benzene rings is 2. The standard InChI is InChI=1S/C19H19N3O8/c1-12-8-14(10-16(21(25)26)17(12)22(27)28)9-15(18(23)29-2)20-19(24)30-11-13-6-4-3-5-7-13/h3-8,10,15H,9,11H2,1-2H3,(H,20,24)/t15-/m1/s1. The molecule has 0 aromatic heterocycles. The molecule has 1 N–H and O–H groups in total. The summed E-state index contributed by atoms with van der Waals surface area (Å²) in [6, 6.07) is 10.0. The Kier molecular flexibility index (Phi) is 7.39. The Labute approximate surface area is 170 Å². The minimum Gasteiger partial charge on any atom is -0.467 e. The Morgan fingerprint density at radius 3 is 2.30 bits per heavy atom. The molecule has 0 radical (unpaired) electrons. The number of esters is 1. The molecule has 0 bridgehead atoms. The number of aryl methyl sites for hydroxylation is 1. The zero-order chi connectivity index (χ0) is 22.3. The van der Waals surface area contributed by atoms with Gasteiger partial charge in [-0.3, -0.25) is 20.2 Å². The van der Waals surface area contributed by atoms with E-state index in [-0.39, 0.29) is 24.2 Å². The van der Waals surface area contributed by atoms with Gasteiger partial charge in [0.05, 0.1) is 17.0 Å². The lowest BCUT2D eigenvalue weighted by Crippen LogP contribution is -2.43. The molecule has 1 atom stereocenters. The number of hydrogen-bond acceptors (Lipinski definition) is 8. The molecule has 11 heteroatoms. The first-order valence-electron chi connectivity index (χ1n) is 8.70. The molecule has 0 saturated carbocycles.